The number of rotatable bonds is 4. The van der Waals surface area contributed by atoms with Gasteiger partial charge in [-0.1, -0.05) is 29.8 Å². The van der Waals surface area contributed by atoms with Crippen LogP contribution in [0.15, 0.2) is 59.9 Å². The lowest BCUT2D eigenvalue weighted by Crippen LogP contribution is -2.33. The van der Waals surface area contributed by atoms with E-state index in [4.69, 9.17) is 16.7 Å². The number of hydrogen-bond donors (Lipinski definition) is 1. The Labute approximate surface area is 216 Å². The summed E-state index contributed by atoms with van der Waals surface area (Å²) in [7, 11) is 0. The summed E-state index contributed by atoms with van der Waals surface area (Å²) in [6.07, 6.45) is 4.70. The van der Waals surface area contributed by atoms with E-state index in [-0.39, 0.29) is 54.1 Å². The number of halogens is 1. The molecule has 6 rings (SSSR count). The summed E-state index contributed by atoms with van der Waals surface area (Å²) in [5.74, 6) is 0.591. The smallest absolute Gasteiger partial charge is 0.284 e. The van der Waals surface area contributed by atoms with Crippen LogP contribution in [0.25, 0.3) is 22.2 Å². The van der Waals surface area contributed by atoms with Crippen molar-refractivity contribution in [3.8, 4) is 5.69 Å². The van der Waals surface area contributed by atoms with Crippen LogP contribution in [-0.2, 0) is 4.79 Å². The number of ketones is 2. The summed E-state index contributed by atoms with van der Waals surface area (Å²) < 4.78 is 2.92. The number of carbonyl (C=O) groups is 2. The first-order chi connectivity index (χ1) is 16.9. The van der Waals surface area contributed by atoms with E-state index in [9.17, 15) is 14.4 Å². The number of carbonyl (C=O) groups excluding carboxylic acids is 2. The lowest BCUT2D eigenvalue weighted by molar-refractivity contribution is -0.116. The van der Waals surface area contributed by atoms with Crippen molar-refractivity contribution in [2.45, 2.75) is 19.4 Å². The van der Waals surface area contributed by atoms with Gasteiger partial charge in [0.05, 0.1) is 28.7 Å². The second-order valence-corrected chi connectivity index (χ2v) is 8.76. The summed E-state index contributed by atoms with van der Waals surface area (Å²) >= 11 is 6.31. The van der Waals surface area contributed by atoms with Crippen molar-refractivity contribution < 1.29 is 9.59 Å². The Morgan fingerprint density at radius 3 is 2.67 bits per heavy atom. The van der Waals surface area contributed by atoms with E-state index in [2.05, 4.69) is 15.0 Å². The highest BCUT2D eigenvalue weighted by molar-refractivity contribution is 7.59. The fraction of sp³-hybridized carbons (Fsp3) is 0.167. The summed E-state index contributed by atoms with van der Waals surface area (Å²) in [4.78, 5) is 52.2. The molecule has 4 aromatic heterocycles. The molecule has 1 aliphatic heterocycles. The van der Waals surface area contributed by atoms with Gasteiger partial charge in [0.1, 0.15) is 23.3 Å². The van der Waals surface area contributed by atoms with E-state index in [0.29, 0.717) is 33.9 Å². The van der Waals surface area contributed by atoms with Crippen LogP contribution in [0.3, 0.4) is 0 Å². The molecule has 0 aliphatic carbocycles. The normalized spacial score (nSPS) is 15.6. The Balaban J connectivity index is 0.00000267. The zero-order chi connectivity index (χ0) is 24.3. The van der Waals surface area contributed by atoms with E-state index in [0.717, 1.165) is 0 Å². The molecule has 36 heavy (non-hydrogen) atoms. The number of aromatic amines is 1. The summed E-state index contributed by atoms with van der Waals surface area (Å²) in [5.41, 5.74) is 1.39. The van der Waals surface area contributed by atoms with E-state index in [1.165, 1.54) is 22.3 Å². The van der Waals surface area contributed by atoms with Crippen molar-refractivity contribution in [3.63, 3.8) is 0 Å². The van der Waals surface area contributed by atoms with Crippen LogP contribution >= 0.6 is 25.1 Å². The Bertz CT molecular complexity index is 1710. The summed E-state index contributed by atoms with van der Waals surface area (Å²) in [6.45, 7) is 1.51. The van der Waals surface area contributed by atoms with Crippen LogP contribution in [0.2, 0.25) is 5.02 Å². The summed E-state index contributed by atoms with van der Waals surface area (Å²) in [6, 6.07) is 10.1. The third-order valence-electron chi connectivity index (χ3n) is 6.22. The third-order valence-corrected chi connectivity index (χ3v) is 6.52. The first kappa shape index (κ1) is 23.8. The second kappa shape index (κ2) is 8.92. The van der Waals surface area contributed by atoms with Gasteiger partial charge in [-0.15, -0.1) is 0 Å². The Kier molecular flexibility index (Phi) is 5.89. The van der Waals surface area contributed by atoms with E-state index in [1.807, 2.05) is 18.2 Å². The number of benzene rings is 1. The first-order valence-electron chi connectivity index (χ1n) is 10.9. The van der Waals surface area contributed by atoms with Gasteiger partial charge in [0, 0.05) is 24.4 Å². The van der Waals surface area contributed by atoms with Crippen molar-refractivity contribution in [1.29, 1.82) is 0 Å². The van der Waals surface area contributed by atoms with E-state index < -0.39 is 6.04 Å². The van der Waals surface area contributed by atoms with Gasteiger partial charge in [0.15, 0.2) is 17.4 Å². The Hall–Kier alpha value is -3.96. The van der Waals surface area contributed by atoms with Crippen LogP contribution < -0.4 is 10.5 Å². The molecule has 0 spiro atoms. The fourth-order valence-electron chi connectivity index (χ4n) is 4.68. The van der Waals surface area contributed by atoms with Gasteiger partial charge in [-0.05, 0) is 25.1 Å². The molecule has 0 unspecified atom stereocenters. The predicted octanol–water partition coefficient (Wildman–Crippen LogP) is 3.25. The van der Waals surface area contributed by atoms with E-state index >= 15 is 0 Å². The van der Waals surface area contributed by atoms with Crippen LogP contribution in [0.5, 0.6) is 0 Å². The molecule has 1 N–H and O–H groups in total. The minimum absolute atomic E-state index is 0. The Morgan fingerprint density at radius 2 is 1.92 bits per heavy atom. The molecule has 12 heteroatoms. The molecule has 1 atom stereocenters. The van der Waals surface area contributed by atoms with Crippen molar-refractivity contribution in [3.05, 3.63) is 81.9 Å². The molecule has 5 aromatic rings. The van der Waals surface area contributed by atoms with Gasteiger partial charge in [-0.3, -0.25) is 19.0 Å². The molecule has 0 bridgehead atoms. The second-order valence-electron chi connectivity index (χ2n) is 8.36. The molecule has 1 fully saturated rings. The number of Topliss-reactive ketones (excluding diaryl/α,β-unsaturated/α-hetero) is 2. The third kappa shape index (κ3) is 3.59. The zero-order valence-electron chi connectivity index (χ0n) is 19.0. The lowest BCUT2D eigenvalue weighted by atomic mass is 10.1. The summed E-state index contributed by atoms with van der Waals surface area (Å²) in [5, 5.41) is 5.55. The van der Waals surface area contributed by atoms with Crippen molar-refractivity contribution in [1.82, 2.24) is 29.1 Å². The van der Waals surface area contributed by atoms with Crippen LogP contribution in [0.1, 0.15) is 35.6 Å². The van der Waals surface area contributed by atoms with Crippen molar-refractivity contribution >= 4 is 59.0 Å². The lowest BCUT2D eigenvalue weighted by Gasteiger charge is -2.27. The van der Waals surface area contributed by atoms with Gasteiger partial charge >= 0.3 is 0 Å². The van der Waals surface area contributed by atoms with Gasteiger partial charge in [0.2, 0.25) is 0 Å². The van der Waals surface area contributed by atoms with Crippen molar-refractivity contribution in [2.75, 3.05) is 11.4 Å². The number of nitrogens with one attached hydrogen (secondary N) is 1. The molecule has 0 saturated carbocycles. The molecule has 1 aliphatic rings. The topological polar surface area (TPSA) is 118 Å². The maximum atomic E-state index is 13.7. The highest BCUT2D eigenvalue weighted by Gasteiger charge is 2.38. The number of hydrogen-bond acceptors (Lipinski definition) is 7. The SMILES string of the molecule is CC(=O)c1c[nH]c2ncnc(N3CC(=O)C[C@H]3c3nn4ccc(Cl)c4c(=O)n3-c3ccccc3)c12.S. The maximum absolute atomic E-state index is 13.7. The van der Waals surface area contributed by atoms with Crippen LogP contribution in [0, 0.1) is 0 Å². The number of para-hydroxylation sites is 1. The quantitative estimate of drug-likeness (QED) is 0.361. The molecular formula is C24H20ClN7O3S. The highest BCUT2D eigenvalue weighted by Crippen LogP contribution is 2.37. The van der Waals surface area contributed by atoms with E-state index in [1.54, 1.807) is 35.5 Å². The molecule has 1 aromatic carbocycles. The average molecular weight is 522 g/mol. The molecule has 10 nitrogen and oxygen atoms in total. The van der Waals surface area contributed by atoms with Crippen LogP contribution in [-0.4, -0.2) is 47.2 Å². The largest absolute Gasteiger partial charge is 0.345 e. The van der Waals surface area contributed by atoms with Gasteiger partial charge < -0.3 is 9.88 Å². The standard InChI is InChI=1S/C24H18ClN7O3.H2S/c1-13(33)16-10-26-21-19(16)23(28-12-27-21)30-11-15(34)9-18(30)22-29-31-8-7-17(25)20(31)24(35)32(22)14-5-3-2-4-6-14;/h2-8,10,12,18H,9,11H2,1H3,(H,26,27,28);1H2/t18-;/m0./s1. The minimum Gasteiger partial charge on any atom is -0.345 e. The van der Waals surface area contributed by atoms with Gasteiger partial charge in [0.25, 0.3) is 5.56 Å². The number of fused-ring (bicyclic) bond motifs is 2. The van der Waals surface area contributed by atoms with Crippen LogP contribution in [0.4, 0.5) is 5.82 Å². The molecular weight excluding hydrogens is 502 g/mol. The molecule has 1 saturated heterocycles. The number of aromatic nitrogens is 6. The number of anilines is 1. The first-order valence-corrected chi connectivity index (χ1v) is 11.3. The highest BCUT2D eigenvalue weighted by atomic mass is 35.5. The molecule has 5 heterocycles. The molecule has 0 radical (unpaired) electrons. The average Bonchev–Trinajstić information content (AvgIpc) is 3.56. The predicted molar refractivity (Wildman–Crippen MR) is 140 cm³/mol. The number of H-pyrrole nitrogens is 1. The van der Waals surface area contributed by atoms with Crippen molar-refractivity contribution in [2.24, 2.45) is 0 Å². The maximum Gasteiger partial charge on any atom is 0.284 e. The molecule has 182 valence electrons. The van der Waals surface area contributed by atoms with Gasteiger partial charge in [-0.25, -0.2) is 14.5 Å². The zero-order valence-corrected chi connectivity index (χ0v) is 20.7. The fourth-order valence-corrected chi connectivity index (χ4v) is 4.90. The number of nitrogens with zero attached hydrogens (tertiary/aromatic N) is 6. The minimum atomic E-state index is -0.617. The Morgan fingerprint density at radius 1 is 1.14 bits per heavy atom. The van der Waals surface area contributed by atoms with Gasteiger partial charge in [-0.2, -0.15) is 18.6 Å². The molecule has 0 amide bonds. The monoisotopic (exact) mass is 521 g/mol.